The van der Waals surface area contributed by atoms with E-state index in [9.17, 15) is 4.79 Å². The standard InChI is InChI=1S/C16H21NO3/c1-5-6-10(2)17-16(18)15-11(3)13-9-12(19-4)7-8-14(13)20-15/h7-10H,5-6H2,1-4H3,(H,17,18)/t10-/m1/s1. The van der Waals surface area contributed by atoms with Crippen LogP contribution >= 0.6 is 0 Å². The Bertz CT molecular complexity index is 615. The van der Waals surface area contributed by atoms with Gasteiger partial charge in [-0.15, -0.1) is 0 Å². The third kappa shape index (κ3) is 2.79. The molecule has 0 radical (unpaired) electrons. The predicted octanol–water partition coefficient (Wildman–Crippen LogP) is 3.67. The number of carbonyl (C=O) groups excluding carboxylic acids is 1. The third-order valence-electron chi connectivity index (χ3n) is 3.45. The lowest BCUT2D eigenvalue weighted by Gasteiger charge is -2.11. The number of ether oxygens (including phenoxy) is 1. The molecule has 1 heterocycles. The van der Waals surface area contributed by atoms with Crippen LogP contribution in [0.15, 0.2) is 22.6 Å². The molecule has 2 aromatic rings. The first-order chi connectivity index (χ1) is 9.56. The first-order valence-corrected chi connectivity index (χ1v) is 6.94. The van der Waals surface area contributed by atoms with Crippen LogP contribution in [0.2, 0.25) is 0 Å². The Morgan fingerprint density at radius 1 is 1.45 bits per heavy atom. The van der Waals surface area contributed by atoms with E-state index in [2.05, 4.69) is 12.2 Å². The van der Waals surface area contributed by atoms with Gasteiger partial charge >= 0.3 is 0 Å². The van der Waals surface area contributed by atoms with Crippen LogP contribution in [0.5, 0.6) is 5.75 Å². The number of rotatable bonds is 5. The summed E-state index contributed by atoms with van der Waals surface area (Å²) in [4.78, 5) is 12.2. The summed E-state index contributed by atoms with van der Waals surface area (Å²) in [6.07, 6.45) is 2.00. The Kier molecular flexibility index (Phi) is 4.32. The van der Waals surface area contributed by atoms with Gasteiger partial charge in [0.2, 0.25) is 0 Å². The zero-order valence-electron chi connectivity index (χ0n) is 12.4. The predicted molar refractivity (Wildman–Crippen MR) is 79.3 cm³/mol. The number of hydrogen-bond donors (Lipinski definition) is 1. The molecule has 0 aliphatic heterocycles. The van der Waals surface area contributed by atoms with Crippen molar-refractivity contribution in [2.45, 2.75) is 39.7 Å². The van der Waals surface area contributed by atoms with Crippen LogP contribution in [0.1, 0.15) is 42.8 Å². The highest BCUT2D eigenvalue weighted by atomic mass is 16.5. The van der Waals surface area contributed by atoms with E-state index in [0.29, 0.717) is 11.3 Å². The smallest absolute Gasteiger partial charge is 0.287 e. The molecule has 0 bridgehead atoms. The second kappa shape index (κ2) is 5.99. The number of carbonyl (C=O) groups is 1. The number of benzene rings is 1. The van der Waals surface area contributed by atoms with Crippen molar-refractivity contribution in [2.75, 3.05) is 7.11 Å². The average molecular weight is 275 g/mol. The molecule has 0 aliphatic rings. The number of furan rings is 1. The van der Waals surface area contributed by atoms with Crippen molar-refractivity contribution in [1.82, 2.24) is 5.32 Å². The fourth-order valence-electron chi connectivity index (χ4n) is 2.34. The molecule has 0 aliphatic carbocycles. The van der Waals surface area contributed by atoms with E-state index in [4.69, 9.17) is 9.15 Å². The highest BCUT2D eigenvalue weighted by molar-refractivity contribution is 5.99. The van der Waals surface area contributed by atoms with Gasteiger partial charge in [0.1, 0.15) is 11.3 Å². The molecule has 1 atom stereocenters. The van der Waals surface area contributed by atoms with E-state index in [0.717, 1.165) is 29.5 Å². The fourth-order valence-corrected chi connectivity index (χ4v) is 2.34. The molecule has 1 N–H and O–H groups in total. The molecule has 1 aromatic carbocycles. The van der Waals surface area contributed by atoms with Gasteiger partial charge in [0.05, 0.1) is 7.11 Å². The number of amides is 1. The van der Waals surface area contributed by atoms with E-state index in [1.165, 1.54) is 0 Å². The number of nitrogens with one attached hydrogen (secondary N) is 1. The molecule has 0 spiro atoms. The van der Waals surface area contributed by atoms with Gasteiger partial charge in [0, 0.05) is 17.0 Å². The van der Waals surface area contributed by atoms with Crippen LogP contribution in [-0.2, 0) is 0 Å². The quantitative estimate of drug-likeness (QED) is 0.905. The molecule has 4 nitrogen and oxygen atoms in total. The van der Waals surface area contributed by atoms with Gasteiger partial charge in [-0.3, -0.25) is 4.79 Å². The average Bonchev–Trinajstić information content (AvgIpc) is 2.76. The number of methoxy groups -OCH3 is 1. The van der Waals surface area contributed by atoms with Crippen molar-refractivity contribution in [3.63, 3.8) is 0 Å². The van der Waals surface area contributed by atoms with Gasteiger partial charge in [-0.2, -0.15) is 0 Å². The minimum atomic E-state index is -0.154. The molecule has 108 valence electrons. The van der Waals surface area contributed by atoms with Crippen LogP contribution in [0.4, 0.5) is 0 Å². The fraction of sp³-hybridized carbons (Fsp3) is 0.438. The molecule has 0 saturated heterocycles. The number of aryl methyl sites for hydroxylation is 1. The van der Waals surface area contributed by atoms with Crippen LogP contribution in [-0.4, -0.2) is 19.1 Å². The normalized spacial score (nSPS) is 12.4. The first-order valence-electron chi connectivity index (χ1n) is 6.94. The zero-order valence-corrected chi connectivity index (χ0v) is 12.4. The Hall–Kier alpha value is -1.97. The van der Waals surface area contributed by atoms with Crippen LogP contribution in [0.25, 0.3) is 11.0 Å². The molecule has 0 saturated carbocycles. The van der Waals surface area contributed by atoms with Gasteiger partial charge in [-0.1, -0.05) is 13.3 Å². The summed E-state index contributed by atoms with van der Waals surface area (Å²) in [5.74, 6) is 0.988. The Morgan fingerprint density at radius 2 is 2.20 bits per heavy atom. The van der Waals surface area contributed by atoms with Crippen LogP contribution < -0.4 is 10.1 Å². The summed E-state index contributed by atoms with van der Waals surface area (Å²) >= 11 is 0. The second-order valence-electron chi connectivity index (χ2n) is 5.08. The molecule has 20 heavy (non-hydrogen) atoms. The monoisotopic (exact) mass is 275 g/mol. The first kappa shape index (κ1) is 14.4. The van der Waals surface area contributed by atoms with Crippen molar-refractivity contribution in [3.05, 3.63) is 29.5 Å². The van der Waals surface area contributed by atoms with Crippen molar-refractivity contribution in [2.24, 2.45) is 0 Å². The summed E-state index contributed by atoms with van der Waals surface area (Å²) in [6, 6.07) is 5.69. The largest absolute Gasteiger partial charge is 0.497 e. The van der Waals surface area contributed by atoms with Gasteiger partial charge in [-0.05, 0) is 38.5 Å². The van der Waals surface area contributed by atoms with Crippen molar-refractivity contribution in [3.8, 4) is 5.75 Å². The summed E-state index contributed by atoms with van der Waals surface area (Å²) in [5, 5.41) is 3.88. The van der Waals surface area contributed by atoms with Crippen LogP contribution in [0.3, 0.4) is 0 Å². The van der Waals surface area contributed by atoms with E-state index in [-0.39, 0.29) is 11.9 Å². The SMILES string of the molecule is CCC[C@@H](C)NC(=O)c1oc2ccc(OC)cc2c1C. The van der Waals surface area contributed by atoms with Gasteiger partial charge in [0.25, 0.3) is 5.91 Å². The summed E-state index contributed by atoms with van der Waals surface area (Å²) in [6.45, 7) is 5.99. The lowest BCUT2D eigenvalue weighted by atomic mass is 10.1. The van der Waals surface area contributed by atoms with Gasteiger partial charge in [-0.25, -0.2) is 0 Å². The summed E-state index contributed by atoms with van der Waals surface area (Å²) in [7, 11) is 1.62. The molecule has 0 fully saturated rings. The molecular formula is C16H21NO3. The maximum Gasteiger partial charge on any atom is 0.287 e. The second-order valence-corrected chi connectivity index (χ2v) is 5.08. The molecule has 4 heteroatoms. The Morgan fingerprint density at radius 3 is 2.85 bits per heavy atom. The Balaban J connectivity index is 2.30. The van der Waals surface area contributed by atoms with Crippen molar-refractivity contribution >= 4 is 16.9 Å². The maximum absolute atomic E-state index is 12.2. The van der Waals surface area contributed by atoms with Crippen LogP contribution in [0, 0.1) is 6.92 Å². The number of fused-ring (bicyclic) bond motifs is 1. The number of hydrogen-bond acceptors (Lipinski definition) is 3. The molecule has 2 rings (SSSR count). The van der Waals surface area contributed by atoms with E-state index >= 15 is 0 Å². The summed E-state index contributed by atoms with van der Waals surface area (Å²) < 4.78 is 10.9. The Labute approximate surface area is 119 Å². The lowest BCUT2D eigenvalue weighted by Crippen LogP contribution is -2.32. The zero-order chi connectivity index (χ0) is 14.7. The molecular weight excluding hydrogens is 254 g/mol. The highest BCUT2D eigenvalue weighted by Crippen LogP contribution is 2.28. The molecule has 0 unspecified atom stereocenters. The van der Waals surface area contributed by atoms with Gasteiger partial charge in [0.15, 0.2) is 5.76 Å². The third-order valence-corrected chi connectivity index (χ3v) is 3.45. The van der Waals surface area contributed by atoms with Crippen molar-refractivity contribution in [1.29, 1.82) is 0 Å². The topological polar surface area (TPSA) is 51.5 Å². The minimum Gasteiger partial charge on any atom is -0.497 e. The maximum atomic E-state index is 12.2. The molecule has 1 aromatic heterocycles. The van der Waals surface area contributed by atoms with E-state index < -0.39 is 0 Å². The summed E-state index contributed by atoms with van der Waals surface area (Å²) in [5.41, 5.74) is 1.55. The molecule has 1 amide bonds. The van der Waals surface area contributed by atoms with E-state index in [1.54, 1.807) is 7.11 Å². The highest BCUT2D eigenvalue weighted by Gasteiger charge is 2.19. The lowest BCUT2D eigenvalue weighted by molar-refractivity contribution is 0.0911. The van der Waals surface area contributed by atoms with Crippen molar-refractivity contribution < 1.29 is 13.9 Å². The van der Waals surface area contributed by atoms with Gasteiger partial charge < -0.3 is 14.5 Å². The minimum absolute atomic E-state index is 0.148. The van der Waals surface area contributed by atoms with E-state index in [1.807, 2.05) is 32.0 Å².